The summed E-state index contributed by atoms with van der Waals surface area (Å²) in [5, 5.41) is 0. The van der Waals surface area contributed by atoms with E-state index in [2.05, 4.69) is 39.9 Å². The van der Waals surface area contributed by atoms with E-state index in [4.69, 9.17) is 72.1 Å². The number of ether oxygens (including phenoxy) is 4. The van der Waals surface area contributed by atoms with Gasteiger partial charge in [-0.25, -0.2) is 29.5 Å². The average molecular weight is 1270 g/mol. The average Bonchev–Trinajstić information content (AvgIpc) is 2.25. The Bertz CT molecular complexity index is 3690. The number of nitrogens with zero attached hydrogens (tertiary/aromatic N) is 10. The molecule has 0 aromatic carbocycles. The maximum absolute atomic E-state index is 14.0. The van der Waals surface area contributed by atoms with Crippen molar-refractivity contribution in [1.29, 1.82) is 0 Å². The normalized spacial score (nSPS) is 27.1. The second kappa shape index (κ2) is 25.2. The van der Waals surface area contributed by atoms with Crippen molar-refractivity contribution < 1.29 is 68.6 Å². The molecule has 8 N–H and O–H groups in total. The Morgan fingerprint density at radius 3 is 1.64 bits per heavy atom. The van der Waals surface area contributed by atoms with Crippen LogP contribution in [0.25, 0.3) is 22.3 Å². The fourth-order valence-corrected chi connectivity index (χ4v) is 14.0. The molecule has 4 saturated heterocycles. The van der Waals surface area contributed by atoms with Gasteiger partial charge in [0.2, 0.25) is 5.95 Å². The lowest BCUT2D eigenvalue weighted by molar-refractivity contribution is -0.0501. The molecular weight excluding hydrogens is 1200 g/mol. The molecule has 6 aromatic rings. The van der Waals surface area contributed by atoms with E-state index in [0.29, 0.717) is 5.65 Å². The minimum atomic E-state index is -3.07. The van der Waals surface area contributed by atoms with Gasteiger partial charge in [-0.05, 0) is 52.3 Å². The summed E-state index contributed by atoms with van der Waals surface area (Å²) in [5.74, 6) is -0.0576. The highest BCUT2D eigenvalue weighted by Crippen LogP contribution is 2.45. The maximum atomic E-state index is 14.0. The van der Waals surface area contributed by atoms with Crippen LogP contribution in [0.4, 0.5) is 17.6 Å². The predicted molar refractivity (Wildman–Crippen MR) is 298 cm³/mol. The number of nitrogens with two attached hydrogens (primary N) is 3. The van der Waals surface area contributed by atoms with Crippen LogP contribution in [0.3, 0.4) is 0 Å². The summed E-state index contributed by atoms with van der Waals surface area (Å²) in [6.45, 7) is 12.2. The lowest BCUT2D eigenvalue weighted by atomic mass is 10.2. The minimum absolute atomic E-state index is 0.00481. The highest BCUT2D eigenvalue weighted by atomic mass is 31.1. The van der Waals surface area contributed by atoms with Crippen LogP contribution in [0.5, 0.6) is 0 Å². The maximum Gasteiger partial charge on any atom is 0.697 e. The van der Waals surface area contributed by atoms with E-state index in [1.165, 1.54) is 51.1 Å². The van der Waals surface area contributed by atoms with Crippen molar-refractivity contribution in [2.24, 2.45) is 0 Å². The van der Waals surface area contributed by atoms with Crippen LogP contribution in [0.1, 0.15) is 56.2 Å². The molecule has 0 radical (unpaired) electrons. The van der Waals surface area contributed by atoms with Crippen molar-refractivity contribution in [3.63, 3.8) is 0 Å². The van der Waals surface area contributed by atoms with Crippen LogP contribution in [0.2, 0.25) is 39.3 Å². The summed E-state index contributed by atoms with van der Waals surface area (Å²) in [5.41, 5.74) is 16.1. The molecule has 10 heterocycles. The summed E-state index contributed by atoms with van der Waals surface area (Å²) >= 11 is 0. The van der Waals surface area contributed by atoms with Crippen LogP contribution in [-0.4, -0.2) is 150 Å². The van der Waals surface area contributed by atoms with E-state index in [1.54, 1.807) is 11.5 Å². The van der Waals surface area contributed by atoms with Crippen molar-refractivity contribution >= 4 is 81.3 Å². The molecule has 15 atom stereocenters. The van der Waals surface area contributed by atoms with Crippen LogP contribution < -0.4 is 39.7 Å². The molecule has 6 aromatic heterocycles. The van der Waals surface area contributed by atoms with E-state index >= 15 is 0 Å². The predicted octanol–water partition coefficient (Wildman–Crippen LogP) is 3.22. The molecule has 4 fully saturated rings. The number of hydrogen-bond donors (Lipinski definition) is 5. The zero-order chi connectivity index (χ0) is 59.9. The van der Waals surface area contributed by atoms with Crippen molar-refractivity contribution in [2.45, 2.75) is 146 Å². The Kier molecular flexibility index (Phi) is 18.4. The smallest absolute Gasteiger partial charge is 0.415 e. The molecule has 0 spiro atoms. The third-order valence-electron chi connectivity index (χ3n) is 13.7. The van der Waals surface area contributed by atoms with Crippen LogP contribution in [0, 0.1) is 6.92 Å². The molecule has 4 aliphatic heterocycles. The molecule has 34 nitrogen and oxygen atoms in total. The quantitative estimate of drug-likeness (QED) is 0.0429. The Labute approximate surface area is 480 Å². The number of aromatic amines is 2. The van der Waals surface area contributed by atoms with Gasteiger partial charge in [0, 0.05) is 57.3 Å². The molecule has 0 aliphatic carbocycles. The van der Waals surface area contributed by atoms with Gasteiger partial charge in [0.15, 0.2) is 39.3 Å². The van der Waals surface area contributed by atoms with E-state index in [-0.39, 0.29) is 78.7 Å². The van der Waals surface area contributed by atoms with Gasteiger partial charge in [-0.3, -0.25) is 37.8 Å². The SMILES string of the molecule is Cc1cn([C@H]2CC(O[Si](C)(C)C)[C@@H](CO[P+](=O)OC3C[C@H](n4cnc5c(=O)[nH]c(N)nc54)O[C@@H]3CO[P+](=O)OC3C[C@H](n4cnc5c(N)ncnc54)O[C@@H]3CO[P+](=O)OC3C[C@H](n4ccc(N)nc4=O)O[C@@H]3CO[Si](C)(C)C)O2)c(=O)[nH]c1=O. The van der Waals surface area contributed by atoms with Gasteiger partial charge in [0.1, 0.15) is 105 Å². The van der Waals surface area contributed by atoms with Gasteiger partial charge in [-0.15, -0.1) is 27.1 Å². The second-order valence-electron chi connectivity index (χ2n) is 22.0. The third kappa shape index (κ3) is 14.3. The topological polar surface area (TPSA) is 437 Å². The number of nitrogens with one attached hydrogen (secondary N) is 2. The molecule has 4 aliphatic rings. The van der Waals surface area contributed by atoms with E-state index < -0.39 is 151 Å². The van der Waals surface area contributed by atoms with Gasteiger partial charge >= 0.3 is 36.1 Å². The Morgan fingerprint density at radius 1 is 0.595 bits per heavy atom. The Balaban J connectivity index is 0.828. The summed E-state index contributed by atoms with van der Waals surface area (Å²) in [4.78, 5) is 80.1. The zero-order valence-corrected chi connectivity index (χ0v) is 51.0. The second-order valence-corrected chi connectivity index (χ2v) is 33.7. The highest BCUT2D eigenvalue weighted by molar-refractivity contribution is 7.33. The summed E-state index contributed by atoms with van der Waals surface area (Å²) in [6.07, 6.45) is -4.06. The molecule has 10 rings (SSSR count). The van der Waals surface area contributed by atoms with Gasteiger partial charge in [0.25, 0.3) is 11.1 Å². The van der Waals surface area contributed by atoms with E-state index in [9.17, 15) is 32.9 Å². The first-order valence-electron chi connectivity index (χ1n) is 26.4. The fourth-order valence-electron chi connectivity index (χ4n) is 9.83. The number of nitrogen functional groups attached to an aromatic ring is 3. The Hall–Kier alpha value is -5.89. The van der Waals surface area contributed by atoms with Crippen LogP contribution >= 0.6 is 24.8 Å². The van der Waals surface area contributed by atoms with Crippen molar-refractivity contribution in [1.82, 2.24) is 58.1 Å². The number of anilines is 3. The summed E-state index contributed by atoms with van der Waals surface area (Å²) in [6, 6.07) is 1.45. The molecule has 0 amide bonds. The first-order chi connectivity index (χ1) is 39.8. The van der Waals surface area contributed by atoms with Crippen molar-refractivity contribution in [2.75, 3.05) is 43.6 Å². The van der Waals surface area contributed by atoms with Crippen molar-refractivity contribution in [3.05, 3.63) is 84.7 Å². The molecule has 0 saturated carbocycles. The van der Waals surface area contributed by atoms with E-state index in [0.717, 1.165) is 0 Å². The number of H-pyrrole nitrogens is 2. The number of rotatable bonds is 24. The first-order valence-corrected chi connectivity index (χ1v) is 36.5. The lowest BCUT2D eigenvalue weighted by Gasteiger charge is -2.25. The van der Waals surface area contributed by atoms with E-state index in [1.807, 2.05) is 39.3 Å². The minimum Gasteiger partial charge on any atom is -0.415 e. The largest absolute Gasteiger partial charge is 0.697 e. The molecule has 39 heteroatoms. The monoisotopic (exact) mass is 1270 g/mol. The van der Waals surface area contributed by atoms with Crippen LogP contribution in [-0.2, 0) is 68.6 Å². The zero-order valence-electron chi connectivity index (χ0n) is 46.4. The molecule has 452 valence electrons. The van der Waals surface area contributed by atoms with Gasteiger partial charge < -0.3 is 45.0 Å². The summed E-state index contributed by atoms with van der Waals surface area (Å²) in [7, 11) is -13.3. The molecule has 0 bridgehead atoms. The number of imidazole rings is 2. The van der Waals surface area contributed by atoms with Gasteiger partial charge in [-0.2, -0.15) is 9.97 Å². The van der Waals surface area contributed by atoms with Gasteiger partial charge in [0.05, 0.1) is 25.4 Å². The fraction of sp³-hybridized carbons (Fsp3) is 0.600. The van der Waals surface area contributed by atoms with Gasteiger partial charge in [-0.1, -0.05) is 0 Å². The number of aromatic nitrogens is 12. The molecule has 7 unspecified atom stereocenters. The van der Waals surface area contributed by atoms with Crippen molar-refractivity contribution in [3.8, 4) is 0 Å². The molecular formula is C45H63N15O19P3Si2+3. The number of hydrogen-bond acceptors (Lipinski definition) is 28. The lowest BCUT2D eigenvalue weighted by Crippen LogP contribution is -2.38. The third-order valence-corrected chi connectivity index (χ3v) is 18.1. The number of fused-ring (bicyclic) bond motifs is 2. The summed E-state index contributed by atoms with van der Waals surface area (Å²) < 4.78 is 120. The first kappa shape index (κ1) is 61.2. The van der Waals surface area contributed by atoms with Crippen LogP contribution in [0.15, 0.2) is 56.6 Å². The highest BCUT2D eigenvalue weighted by Gasteiger charge is 2.51. The molecule has 84 heavy (non-hydrogen) atoms. The standard InChI is InChI=1S/C45H60N15O19P3Si2/c1-22-14-58(45(64)56-41(22)61)33-13-26(79-84(5,6)7)29(74-33)17-70-82(67)77-24-12-35(60-21-52-37-40(60)54-43(48)55-42(37)62)73-28(24)16-68-80(65)76-23-11-34(59-20-51-36-38(47)49-19-50-39(36)59)72-27(23)15-69-81(66)78-25-10-32(57-9-8-31(46)53-44(57)63)75-30(25)18-71-83(2,3)4/h8-9,14,19-21,23-30,32-35H,10-13,15-18H2,1-7H3,(H5-3,46,47,48,49,50,53,54,55,56,61,62,63,64)/p+3/t23?,24?,25?,26?,27-,28-,29-,30-,32-,33-,34-,35-/m1/s1. The Morgan fingerprint density at radius 2 is 1.10 bits per heavy atom. The number of aryl methyl sites for hydroxylation is 1.